The Morgan fingerprint density at radius 2 is 1.94 bits per heavy atom. The Balaban J connectivity index is 0.00000144. The Morgan fingerprint density at radius 3 is 2.65 bits per heavy atom. The first-order chi connectivity index (χ1) is 7.68. The summed E-state index contributed by atoms with van der Waals surface area (Å²) >= 11 is 1.20. The number of carboxylic acid groups (broad SMARTS) is 1. The number of fused-ring (bicyclic) bond motifs is 1. The smallest absolute Gasteiger partial charge is 0.549 e. The molecule has 0 spiro atoms. The molecule has 0 unspecified atom stereocenters. The summed E-state index contributed by atoms with van der Waals surface area (Å²) in [7, 11) is 0. The van der Waals surface area contributed by atoms with Crippen molar-refractivity contribution in [2.45, 2.75) is 4.90 Å². The van der Waals surface area contributed by atoms with Gasteiger partial charge in [0.25, 0.3) is 0 Å². The van der Waals surface area contributed by atoms with Crippen LogP contribution in [-0.4, -0.2) is 11.7 Å². The molecule has 17 heavy (non-hydrogen) atoms. The van der Waals surface area contributed by atoms with Crippen molar-refractivity contribution < 1.29 is 39.5 Å². The maximum absolute atomic E-state index is 10.4. The van der Waals surface area contributed by atoms with Crippen LogP contribution in [0, 0.1) is 0 Å². The summed E-state index contributed by atoms with van der Waals surface area (Å²) in [5.74, 6) is -1.17. The van der Waals surface area contributed by atoms with E-state index in [0.717, 1.165) is 15.7 Å². The SMILES string of the molecule is Nc1ccc2ccccc2c1SCC(=O)[O-].[Na+]. The molecule has 0 aliphatic heterocycles. The number of benzene rings is 2. The predicted octanol–water partition coefficient (Wildman–Crippen LogP) is -1.73. The molecule has 0 saturated heterocycles. The molecule has 0 saturated carbocycles. The van der Waals surface area contributed by atoms with E-state index in [1.165, 1.54) is 11.8 Å². The predicted molar refractivity (Wildman–Crippen MR) is 64.1 cm³/mol. The molecule has 82 valence electrons. The Morgan fingerprint density at radius 1 is 1.24 bits per heavy atom. The molecule has 0 fully saturated rings. The second-order valence-electron chi connectivity index (χ2n) is 3.37. The zero-order chi connectivity index (χ0) is 11.5. The number of carbonyl (C=O) groups is 1. The summed E-state index contributed by atoms with van der Waals surface area (Å²) in [4.78, 5) is 11.3. The van der Waals surface area contributed by atoms with Crippen molar-refractivity contribution in [3.63, 3.8) is 0 Å². The number of nitrogen functional groups attached to an aromatic ring is 1. The van der Waals surface area contributed by atoms with Crippen molar-refractivity contribution in [3.05, 3.63) is 36.4 Å². The summed E-state index contributed by atoms with van der Waals surface area (Å²) in [6, 6.07) is 11.5. The van der Waals surface area contributed by atoms with Gasteiger partial charge in [-0.05, 0) is 16.8 Å². The van der Waals surface area contributed by atoms with Crippen molar-refractivity contribution in [2.24, 2.45) is 0 Å². The molecule has 0 aliphatic rings. The van der Waals surface area contributed by atoms with Gasteiger partial charge in [-0.15, -0.1) is 11.8 Å². The third-order valence-electron chi connectivity index (χ3n) is 2.24. The average Bonchev–Trinajstić information content (AvgIpc) is 2.27. The minimum Gasteiger partial charge on any atom is -0.549 e. The molecule has 2 N–H and O–H groups in total. The zero-order valence-electron chi connectivity index (χ0n) is 9.47. The van der Waals surface area contributed by atoms with Gasteiger partial charge in [0.05, 0.1) is 5.97 Å². The maximum atomic E-state index is 10.4. The van der Waals surface area contributed by atoms with Gasteiger partial charge >= 0.3 is 29.6 Å². The molecule has 2 aromatic rings. The number of nitrogens with two attached hydrogens (primary N) is 1. The Bertz CT molecular complexity index is 545. The van der Waals surface area contributed by atoms with Crippen LogP contribution >= 0.6 is 11.8 Å². The van der Waals surface area contributed by atoms with Crippen molar-refractivity contribution in [1.29, 1.82) is 0 Å². The number of carbonyl (C=O) groups excluding carboxylic acids is 1. The number of aliphatic carboxylic acids is 1. The molecule has 0 aliphatic carbocycles. The van der Waals surface area contributed by atoms with Gasteiger partial charge in [-0.25, -0.2) is 0 Å². The monoisotopic (exact) mass is 255 g/mol. The number of carboxylic acids is 1. The van der Waals surface area contributed by atoms with E-state index in [1.807, 2.05) is 30.3 Å². The Labute approximate surface area is 126 Å². The van der Waals surface area contributed by atoms with Crippen molar-refractivity contribution >= 4 is 34.2 Å². The first-order valence-electron chi connectivity index (χ1n) is 4.78. The van der Waals surface area contributed by atoms with Crippen molar-refractivity contribution in [1.82, 2.24) is 0 Å². The van der Waals surface area contributed by atoms with Gasteiger partial charge in [0.15, 0.2) is 0 Å². The normalized spacial score (nSPS) is 9.88. The molecule has 2 rings (SSSR count). The van der Waals surface area contributed by atoms with E-state index in [-0.39, 0.29) is 35.3 Å². The van der Waals surface area contributed by atoms with Gasteiger partial charge in [0.1, 0.15) is 0 Å². The van der Waals surface area contributed by atoms with E-state index in [1.54, 1.807) is 6.07 Å². The van der Waals surface area contributed by atoms with Crippen molar-refractivity contribution in [2.75, 3.05) is 11.5 Å². The second kappa shape index (κ2) is 6.31. The average molecular weight is 255 g/mol. The topological polar surface area (TPSA) is 66.2 Å². The summed E-state index contributed by atoms with van der Waals surface area (Å²) in [6.45, 7) is 0. The Hall–Kier alpha value is -0.680. The molecule has 0 radical (unpaired) electrons. The van der Waals surface area contributed by atoms with Crippen LogP contribution in [0.1, 0.15) is 0 Å². The summed E-state index contributed by atoms with van der Waals surface area (Å²) in [6.07, 6.45) is 0. The van der Waals surface area contributed by atoms with Crippen LogP contribution in [0.3, 0.4) is 0 Å². The van der Waals surface area contributed by atoms with Crippen LogP contribution in [0.15, 0.2) is 41.3 Å². The molecule has 0 atom stereocenters. The molecule has 0 amide bonds. The van der Waals surface area contributed by atoms with Crippen LogP contribution in [-0.2, 0) is 4.79 Å². The summed E-state index contributed by atoms with van der Waals surface area (Å²) in [5.41, 5.74) is 6.44. The van der Waals surface area contributed by atoms with Gasteiger partial charge < -0.3 is 15.6 Å². The van der Waals surface area contributed by atoms with Crippen LogP contribution in [0.2, 0.25) is 0 Å². The standard InChI is InChI=1S/C12H11NO2S.Na/c13-10-6-5-8-3-1-2-4-9(8)12(10)16-7-11(14)15;/h1-6H,7,13H2,(H,14,15);/q;+1/p-1. The van der Waals surface area contributed by atoms with Crippen LogP contribution in [0.25, 0.3) is 10.8 Å². The van der Waals surface area contributed by atoms with Crippen molar-refractivity contribution in [3.8, 4) is 0 Å². The zero-order valence-corrected chi connectivity index (χ0v) is 12.3. The quantitative estimate of drug-likeness (QED) is 0.402. The van der Waals surface area contributed by atoms with E-state index in [2.05, 4.69) is 0 Å². The van der Waals surface area contributed by atoms with Gasteiger partial charge in [-0.2, -0.15) is 0 Å². The minimum atomic E-state index is -1.09. The van der Waals surface area contributed by atoms with Gasteiger partial charge in [0, 0.05) is 16.3 Å². The molecular weight excluding hydrogens is 245 g/mol. The number of thioether (sulfide) groups is 1. The van der Waals surface area contributed by atoms with E-state index >= 15 is 0 Å². The number of rotatable bonds is 3. The van der Waals surface area contributed by atoms with E-state index in [4.69, 9.17) is 5.73 Å². The van der Waals surface area contributed by atoms with Gasteiger partial charge in [0.2, 0.25) is 0 Å². The van der Waals surface area contributed by atoms with Crippen LogP contribution in [0.5, 0.6) is 0 Å². The Kier molecular flexibility index (Phi) is 5.33. The minimum absolute atomic E-state index is 0. The molecule has 2 aromatic carbocycles. The first-order valence-corrected chi connectivity index (χ1v) is 5.77. The fourth-order valence-corrected chi connectivity index (χ4v) is 2.39. The molecule has 5 heteroatoms. The summed E-state index contributed by atoms with van der Waals surface area (Å²) < 4.78 is 0. The first kappa shape index (κ1) is 14.4. The number of hydrogen-bond donors (Lipinski definition) is 1. The fourth-order valence-electron chi connectivity index (χ4n) is 1.55. The molecule has 0 aromatic heterocycles. The van der Waals surface area contributed by atoms with Crippen LogP contribution < -0.4 is 40.4 Å². The molecule has 0 bridgehead atoms. The molecule has 3 nitrogen and oxygen atoms in total. The fraction of sp³-hybridized carbons (Fsp3) is 0.0833. The second-order valence-corrected chi connectivity index (χ2v) is 4.35. The van der Waals surface area contributed by atoms with E-state index in [9.17, 15) is 9.90 Å². The third-order valence-corrected chi connectivity index (χ3v) is 3.37. The molecular formula is C12H10NNaO2S. The van der Waals surface area contributed by atoms with Crippen LogP contribution in [0.4, 0.5) is 5.69 Å². The van der Waals surface area contributed by atoms with Gasteiger partial charge in [-0.3, -0.25) is 0 Å². The van der Waals surface area contributed by atoms with E-state index in [0.29, 0.717) is 5.69 Å². The molecule has 0 heterocycles. The summed E-state index contributed by atoms with van der Waals surface area (Å²) in [5, 5.41) is 12.5. The maximum Gasteiger partial charge on any atom is 1.00 e. The third kappa shape index (κ3) is 3.39. The van der Waals surface area contributed by atoms with E-state index < -0.39 is 5.97 Å². The largest absolute Gasteiger partial charge is 1.00 e. The van der Waals surface area contributed by atoms with Gasteiger partial charge in [-0.1, -0.05) is 30.3 Å². The number of anilines is 1. The number of hydrogen-bond acceptors (Lipinski definition) is 4.